The molecule has 0 spiro atoms. The Balaban J connectivity index is 4.22. The molecule has 0 aliphatic carbocycles. The predicted octanol–water partition coefficient (Wildman–Crippen LogP) is 3.06. The lowest BCUT2D eigenvalue weighted by atomic mass is 10.3. The molecule has 0 aliphatic rings. The number of rotatable bonds is 4. The maximum Gasteiger partial charge on any atom is 0.239 e. The number of halogens is 2. The molecule has 0 aromatic heterocycles. The van der Waals surface area contributed by atoms with Gasteiger partial charge in [-0.3, -0.25) is 0 Å². The van der Waals surface area contributed by atoms with Crippen molar-refractivity contribution in [2.75, 3.05) is 0 Å². The minimum atomic E-state index is -2.03. The molecule has 0 bridgehead atoms. The topological polar surface area (TPSA) is 26.0 Å². The highest BCUT2D eigenvalue weighted by Crippen LogP contribution is 2.32. The first-order chi connectivity index (χ1) is 5.20. The second kappa shape index (κ2) is 4.46. The van der Waals surface area contributed by atoms with Crippen LogP contribution >= 0.6 is 22.2 Å². The molecule has 0 aliphatic heterocycles. The quantitative estimate of drug-likeness (QED) is 0.597. The standard InChI is InChI=1S/C7H19Cl2NSi2/c1-5-7(10)6-12(8,9)11(2,3)4/h7H,5-6,10H2,1-4H3. The Morgan fingerprint density at radius 3 is 1.92 bits per heavy atom. The zero-order valence-corrected chi connectivity index (χ0v) is 11.8. The molecule has 0 heterocycles. The van der Waals surface area contributed by atoms with Crippen LogP contribution in [0.1, 0.15) is 13.3 Å². The molecule has 0 radical (unpaired) electrons. The molecule has 0 saturated heterocycles. The first-order valence-corrected chi connectivity index (χ1v) is 13.1. The van der Waals surface area contributed by atoms with Crippen LogP contribution in [0.2, 0.25) is 25.7 Å². The molecule has 2 N–H and O–H groups in total. The third-order valence-corrected chi connectivity index (χ3v) is 23.7. The fourth-order valence-corrected chi connectivity index (χ4v) is 6.15. The third-order valence-electron chi connectivity index (χ3n) is 2.14. The van der Waals surface area contributed by atoms with Gasteiger partial charge < -0.3 is 5.73 Å². The predicted molar refractivity (Wildman–Crippen MR) is 63.9 cm³/mol. The Hall–Kier alpha value is 0.974. The normalized spacial score (nSPS) is 16.2. The van der Waals surface area contributed by atoms with Gasteiger partial charge in [-0.05, 0) is 12.5 Å². The van der Waals surface area contributed by atoms with Crippen molar-refractivity contribution in [2.45, 2.75) is 45.1 Å². The van der Waals surface area contributed by atoms with Crippen molar-refractivity contribution in [3.63, 3.8) is 0 Å². The van der Waals surface area contributed by atoms with Crippen LogP contribution in [0.5, 0.6) is 0 Å². The largest absolute Gasteiger partial charge is 0.328 e. The van der Waals surface area contributed by atoms with Gasteiger partial charge in [0.1, 0.15) is 0 Å². The molecular weight excluding hydrogens is 225 g/mol. The van der Waals surface area contributed by atoms with Crippen LogP contribution in [0.3, 0.4) is 0 Å². The minimum absolute atomic E-state index is 0.193. The minimum Gasteiger partial charge on any atom is -0.328 e. The van der Waals surface area contributed by atoms with Crippen LogP contribution in [-0.4, -0.2) is 19.8 Å². The van der Waals surface area contributed by atoms with Gasteiger partial charge in [0, 0.05) is 6.04 Å². The molecule has 1 atom stereocenters. The molecule has 1 unspecified atom stereocenters. The highest BCUT2D eigenvalue weighted by molar-refractivity contribution is 7.74. The number of nitrogens with two attached hydrogens (primary N) is 1. The molecular formula is C7H19Cl2NSi2. The molecule has 0 fully saturated rings. The Morgan fingerprint density at radius 1 is 1.25 bits per heavy atom. The van der Waals surface area contributed by atoms with Crippen LogP contribution < -0.4 is 5.73 Å². The summed E-state index contributed by atoms with van der Waals surface area (Å²) < 4.78 is 0. The molecule has 74 valence electrons. The summed E-state index contributed by atoms with van der Waals surface area (Å²) >= 11 is 12.7. The van der Waals surface area contributed by atoms with E-state index in [1.807, 2.05) is 0 Å². The molecule has 0 aromatic carbocycles. The summed E-state index contributed by atoms with van der Waals surface area (Å²) in [5, 5.41) is 0. The van der Waals surface area contributed by atoms with Gasteiger partial charge in [-0.1, -0.05) is 26.6 Å². The summed E-state index contributed by atoms with van der Waals surface area (Å²) in [6, 6.07) is 1.04. The zero-order valence-electron chi connectivity index (χ0n) is 8.32. The fourth-order valence-electron chi connectivity index (χ4n) is 0.780. The van der Waals surface area contributed by atoms with E-state index in [4.69, 9.17) is 27.9 Å². The highest BCUT2D eigenvalue weighted by atomic mass is 35.7. The average Bonchev–Trinajstić information content (AvgIpc) is 1.84. The Kier molecular flexibility index (Phi) is 4.83. The van der Waals surface area contributed by atoms with Crippen molar-refractivity contribution < 1.29 is 0 Å². The summed E-state index contributed by atoms with van der Waals surface area (Å²) in [4.78, 5) is 0. The molecule has 5 heteroatoms. The van der Waals surface area contributed by atoms with E-state index in [2.05, 4.69) is 26.6 Å². The second-order valence-corrected chi connectivity index (χ2v) is 24.1. The monoisotopic (exact) mass is 243 g/mol. The van der Waals surface area contributed by atoms with Crippen LogP contribution in [0, 0.1) is 0 Å². The lowest BCUT2D eigenvalue weighted by molar-refractivity contribution is 0.710. The molecule has 0 rings (SSSR count). The van der Waals surface area contributed by atoms with Gasteiger partial charge in [-0.15, -0.1) is 22.2 Å². The highest BCUT2D eigenvalue weighted by Gasteiger charge is 2.44. The van der Waals surface area contributed by atoms with E-state index in [9.17, 15) is 0 Å². The van der Waals surface area contributed by atoms with Crippen molar-refractivity contribution in [3.05, 3.63) is 0 Å². The Bertz CT molecular complexity index is 145. The van der Waals surface area contributed by atoms with Crippen molar-refractivity contribution in [1.82, 2.24) is 0 Å². The molecule has 0 saturated carbocycles. The van der Waals surface area contributed by atoms with Crippen molar-refractivity contribution in [1.29, 1.82) is 0 Å². The van der Waals surface area contributed by atoms with Gasteiger partial charge in [-0.2, -0.15) is 0 Å². The number of hydrogen-bond acceptors (Lipinski definition) is 1. The van der Waals surface area contributed by atoms with Gasteiger partial charge in [0.15, 0.2) is 0 Å². The van der Waals surface area contributed by atoms with E-state index in [1.54, 1.807) is 0 Å². The summed E-state index contributed by atoms with van der Waals surface area (Å²) in [5.41, 5.74) is 5.84. The number of hydrogen-bond donors (Lipinski definition) is 1. The van der Waals surface area contributed by atoms with Crippen LogP contribution in [-0.2, 0) is 0 Å². The first-order valence-electron chi connectivity index (χ1n) is 4.34. The van der Waals surface area contributed by atoms with Crippen LogP contribution in [0.4, 0.5) is 0 Å². The van der Waals surface area contributed by atoms with Crippen LogP contribution in [0.25, 0.3) is 0 Å². The fraction of sp³-hybridized carbons (Fsp3) is 1.00. The Labute approximate surface area is 86.8 Å². The van der Waals surface area contributed by atoms with Crippen molar-refractivity contribution >= 4 is 36.0 Å². The third kappa shape index (κ3) is 3.79. The second-order valence-electron chi connectivity index (χ2n) is 4.33. The molecule has 1 nitrogen and oxygen atoms in total. The summed E-state index contributed by atoms with van der Waals surface area (Å²) in [6.07, 6.45) is -1.06. The van der Waals surface area contributed by atoms with E-state index in [0.29, 0.717) is 0 Å². The van der Waals surface area contributed by atoms with Gasteiger partial charge in [-0.25, -0.2) is 0 Å². The zero-order chi connectivity index (χ0) is 9.99. The van der Waals surface area contributed by atoms with E-state index < -0.39 is 13.8 Å². The summed E-state index contributed by atoms with van der Waals surface area (Å²) in [6.45, 7) is 8.75. The van der Waals surface area contributed by atoms with E-state index in [-0.39, 0.29) is 6.04 Å². The molecule has 0 aromatic rings. The smallest absolute Gasteiger partial charge is 0.239 e. The van der Waals surface area contributed by atoms with E-state index in [0.717, 1.165) is 12.5 Å². The maximum atomic E-state index is 6.37. The van der Waals surface area contributed by atoms with Crippen molar-refractivity contribution in [3.8, 4) is 0 Å². The average molecular weight is 244 g/mol. The summed E-state index contributed by atoms with van der Waals surface area (Å²) in [5.74, 6) is 0. The lowest BCUT2D eigenvalue weighted by Crippen LogP contribution is -2.51. The van der Waals surface area contributed by atoms with Crippen molar-refractivity contribution in [2.24, 2.45) is 5.73 Å². The van der Waals surface area contributed by atoms with Gasteiger partial charge in [0.25, 0.3) is 0 Å². The molecule has 0 amide bonds. The Morgan fingerprint density at radius 2 is 1.67 bits per heavy atom. The first kappa shape index (κ1) is 13.0. The SMILES string of the molecule is CCC(N)C[Si](Cl)(Cl)[Si](C)(C)C. The van der Waals surface area contributed by atoms with Gasteiger partial charge in [0.05, 0.1) is 7.59 Å². The van der Waals surface area contributed by atoms with Gasteiger partial charge >= 0.3 is 0 Å². The van der Waals surface area contributed by atoms with E-state index >= 15 is 0 Å². The van der Waals surface area contributed by atoms with Gasteiger partial charge in [0.2, 0.25) is 6.21 Å². The lowest BCUT2D eigenvalue weighted by Gasteiger charge is -2.31. The van der Waals surface area contributed by atoms with E-state index in [1.165, 1.54) is 0 Å². The maximum absolute atomic E-state index is 6.37. The van der Waals surface area contributed by atoms with Crippen LogP contribution in [0.15, 0.2) is 0 Å². The molecule has 12 heavy (non-hydrogen) atoms. The summed E-state index contributed by atoms with van der Waals surface area (Å²) in [7, 11) is -1.37.